The van der Waals surface area contributed by atoms with Gasteiger partial charge < -0.3 is 0 Å². The summed E-state index contributed by atoms with van der Waals surface area (Å²) in [7, 11) is 0. The molecule has 0 heterocycles. The van der Waals surface area contributed by atoms with Crippen molar-refractivity contribution in [1.82, 2.24) is 0 Å². The fourth-order valence-electron chi connectivity index (χ4n) is 0.722. The Bertz CT molecular complexity index is 189. The van der Waals surface area contributed by atoms with Crippen LogP contribution in [0.1, 0.15) is 40.5 Å². The van der Waals surface area contributed by atoms with Gasteiger partial charge in [0, 0.05) is 11.2 Å². The van der Waals surface area contributed by atoms with E-state index < -0.39 is 0 Å². The second-order valence-corrected chi connectivity index (χ2v) is 6.20. The Morgan fingerprint density at radius 2 is 1.85 bits per heavy atom. The van der Waals surface area contributed by atoms with E-state index in [1.165, 1.54) is 0 Å². The molecule has 0 atom stereocenters. The van der Waals surface area contributed by atoms with Gasteiger partial charge in [-0.05, 0) is 13.3 Å². The number of ketones is 1. The van der Waals surface area contributed by atoms with Gasteiger partial charge in [-0.3, -0.25) is 4.79 Å². The zero-order valence-electron chi connectivity index (χ0n) is 9.14. The summed E-state index contributed by atoms with van der Waals surface area (Å²) in [5, 5.41) is 0. The quantitative estimate of drug-likeness (QED) is 0.632. The van der Waals surface area contributed by atoms with Gasteiger partial charge in [0.05, 0.1) is 5.75 Å². The Hall–Kier alpha value is -0.240. The van der Waals surface area contributed by atoms with Crippen LogP contribution in [0.4, 0.5) is 0 Å². The fourth-order valence-corrected chi connectivity index (χ4v) is 1.46. The van der Waals surface area contributed by atoms with Crippen molar-refractivity contribution in [1.29, 1.82) is 0 Å². The van der Waals surface area contributed by atoms with Crippen LogP contribution in [0.5, 0.6) is 0 Å². The second kappa shape index (κ2) is 5.48. The maximum atomic E-state index is 11.3. The number of carbonyl (C=O) groups excluding carboxylic acids is 1. The van der Waals surface area contributed by atoms with Gasteiger partial charge in [0.2, 0.25) is 0 Å². The van der Waals surface area contributed by atoms with Crippen molar-refractivity contribution in [3.63, 3.8) is 0 Å². The lowest BCUT2D eigenvalue weighted by molar-refractivity contribution is -0.116. The van der Waals surface area contributed by atoms with Crippen molar-refractivity contribution in [2.75, 3.05) is 5.75 Å². The smallest absolute Gasteiger partial charge is 0.143 e. The molecule has 0 aliphatic rings. The first kappa shape index (κ1) is 12.8. The SMILES string of the molecule is C=C(C)CCC(=O)CSC(C)(C)C. The average molecular weight is 200 g/mol. The van der Waals surface area contributed by atoms with Crippen LogP contribution in [-0.2, 0) is 4.79 Å². The van der Waals surface area contributed by atoms with Gasteiger partial charge in [-0.25, -0.2) is 0 Å². The number of hydrogen-bond acceptors (Lipinski definition) is 2. The van der Waals surface area contributed by atoms with Crippen LogP contribution < -0.4 is 0 Å². The van der Waals surface area contributed by atoms with E-state index in [0.29, 0.717) is 18.0 Å². The summed E-state index contributed by atoms with van der Waals surface area (Å²) in [5.41, 5.74) is 1.09. The lowest BCUT2D eigenvalue weighted by atomic mass is 10.1. The predicted octanol–water partition coefficient (Wildman–Crippen LogP) is 3.44. The maximum Gasteiger partial charge on any atom is 0.143 e. The van der Waals surface area contributed by atoms with E-state index in [1.807, 2.05) is 6.92 Å². The minimum absolute atomic E-state index is 0.193. The van der Waals surface area contributed by atoms with Gasteiger partial charge >= 0.3 is 0 Å². The molecule has 0 saturated carbocycles. The van der Waals surface area contributed by atoms with Gasteiger partial charge in [-0.2, -0.15) is 0 Å². The van der Waals surface area contributed by atoms with Gasteiger partial charge in [0.1, 0.15) is 5.78 Å². The Morgan fingerprint density at radius 1 is 1.31 bits per heavy atom. The van der Waals surface area contributed by atoms with Crippen LogP contribution in [0.15, 0.2) is 12.2 Å². The molecule has 0 radical (unpaired) electrons. The number of hydrogen-bond donors (Lipinski definition) is 0. The zero-order chi connectivity index (χ0) is 10.5. The first-order chi connectivity index (χ1) is 5.81. The fraction of sp³-hybridized carbons (Fsp3) is 0.727. The highest BCUT2D eigenvalue weighted by molar-refractivity contribution is 8.01. The highest BCUT2D eigenvalue weighted by atomic mass is 32.2. The molecule has 0 aliphatic heterocycles. The van der Waals surface area contributed by atoms with E-state index in [2.05, 4.69) is 27.4 Å². The normalized spacial score (nSPS) is 11.4. The molecule has 0 saturated heterocycles. The molecule has 0 rings (SSSR count). The van der Waals surface area contributed by atoms with E-state index in [-0.39, 0.29) is 4.75 Å². The first-order valence-corrected chi connectivity index (χ1v) is 5.60. The summed E-state index contributed by atoms with van der Waals surface area (Å²) in [6.07, 6.45) is 1.49. The molecule has 0 bridgehead atoms. The molecule has 76 valence electrons. The number of carbonyl (C=O) groups is 1. The van der Waals surface area contributed by atoms with Crippen molar-refractivity contribution in [2.24, 2.45) is 0 Å². The Balaban J connectivity index is 3.58. The monoisotopic (exact) mass is 200 g/mol. The number of Topliss-reactive ketones (excluding diaryl/α,β-unsaturated/α-hetero) is 1. The van der Waals surface area contributed by atoms with E-state index in [0.717, 1.165) is 12.0 Å². The molecule has 0 unspecified atom stereocenters. The summed E-state index contributed by atoms with van der Waals surface area (Å²) in [6, 6.07) is 0. The third kappa shape index (κ3) is 9.68. The van der Waals surface area contributed by atoms with Gasteiger partial charge in [0.15, 0.2) is 0 Å². The topological polar surface area (TPSA) is 17.1 Å². The molecular formula is C11H20OS. The van der Waals surface area contributed by atoms with Crippen LogP contribution in [0.3, 0.4) is 0 Å². The molecule has 0 aromatic rings. The molecule has 0 fully saturated rings. The first-order valence-electron chi connectivity index (χ1n) is 4.61. The largest absolute Gasteiger partial charge is 0.299 e. The number of rotatable bonds is 5. The van der Waals surface area contributed by atoms with Crippen molar-refractivity contribution >= 4 is 17.5 Å². The van der Waals surface area contributed by atoms with Crippen LogP contribution in [0, 0.1) is 0 Å². The van der Waals surface area contributed by atoms with Gasteiger partial charge in [-0.15, -0.1) is 18.3 Å². The molecule has 0 N–H and O–H groups in total. The Labute approximate surface area is 86.0 Å². The molecular weight excluding hydrogens is 180 g/mol. The summed E-state index contributed by atoms with van der Waals surface area (Å²) in [6.45, 7) is 12.1. The highest BCUT2D eigenvalue weighted by Gasteiger charge is 2.12. The van der Waals surface area contributed by atoms with Crippen molar-refractivity contribution in [2.45, 2.75) is 45.3 Å². The molecule has 1 nitrogen and oxygen atoms in total. The van der Waals surface area contributed by atoms with Crippen molar-refractivity contribution < 1.29 is 4.79 Å². The number of thioether (sulfide) groups is 1. The van der Waals surface area contributed by atoms with Crippen LogP contribution in [0.2, 0.25) is 0 Å². The second-order valence-electron chi connectivity index (χ2n) is 4.40. The molecule has 2 heteroatoms. The minimum atomic E-state index is 0.193. The predicted molar refractivity (Wildman–Crippen MR) is 61.3 cm³/mol. The molecule has 0 spiro atoms. The highest BCUT2D eigenvalue weighted by Crippen LogP contribution is 2.23. The van der Waals surface area contributed by atoms with Gasteiger partial charge in [-0.1, -0.05) is 26.3 Å². The lowest BCUT2D eigenvalue weighted by Crippen LogP contribution is -2.12. The molecule has 0 aliphatic carbocycles. The molecule has 0 aromatic heterocycles. The van der Waals surface area contributed by atoms with E-state index >= 15 is 0 Å². The summed E-state index contributed by atoms with van der Waals surface area (Å²) in [4.78, 5) is 11.3. The van der Waals surface area contributed by atoms with Crippen molar-refractivity contribution in [3.8, 4) is 0 Å². The standard InChI is InChI=1S/C11H20OS/c1-9(2)6-7-10(12)8-13-11(3,4)5/h1,6-8H2,2-5H3. The zero-order valence-corrected chi connectivity index (χ0v) is 9.96. The Kier molecular flexibility index (Phi) is 5.38. The van der Waals surface area contributed by atoms with Gasteiger partial charge in [0.25, 0.3) is 0 Å². The van der Waals surface area contributed by atoms with Crippen LogP contribution >= 0.6 is 11.8 Å². The van der Waals surface area contributed by atoms with E-state index in [9.17, 15) is 4.79 Å². The minimum Gasteiger partial charge on any atom is -0.299 e. The summed E-state index contributed by atoms with van der Waals surface area (Å²) < 4.78 is 0.193. The Morgan fingerprint density at radius 3 is 2.23 bits per heavy atom. The van der Waals surface area contributed by atoms with Crippen LogP contribution in [-0.4, -0.2) is 16.3 Å². The number of allylic oxidation sites excluding steroid dienone is 1. The molecule has 0 aromatic carbocycles. The van der Waals surface area contributed by atoms with Crippen LogP contribution in [0.25, 0.3) is 0 Å². The summed E-state index contributed by atoms with van der Waals surface area (Å²) >= 11 is 1.71. The third-order valence-electron chi connectivity index (χ3n) is 1.50. The molecule has 0 amide bonds. The summed E-state index contributed by atoms with van der Waals surface area (Å²) in [5.74, 6) is 0.972. The van der Waals surface area contributed by atoms with E-state index in [1.54, 1.807) is 11.8 Å². The van der Waals surface area contributed by atoms with E-state index in [4.69, 9.17) is 0 Å². The average Bonchev–Trinajstić information content (AvgIpc) is 1.95. The lowest BCUT2D eigenvalue weighted by Gasteiger charge is -2.16. The van der Waals surface area contributed by atoms with Crippen molar-refractivity contribution in [3.05, 3.63) is 12.2 Å². The molecule has 13 heavy (non-hydrogen) atoms. The maximum absolute atomic E-state index is 11.3. The third-order valence-corrected chi connectivity index (χ3v) is 2.83.